The Labute approximate surface area is 256 Å². The van der Waals surface area contributed by atoms with Crippen LogP contribution in [-0.2, 0) is 11.2 Å². The van der Waals surface area contributed by atoms with Crippen LogP contribution in [0.2, 0.25) is 10.0 Å². The number of aromatic nitrogens is 3. The number of likely N-dealkylation sites (tertiary alicyclic amines) is 1. The maximum atomic E-state index is 11.4. The lowest BCUT2D eigenvalue weighted by Gasteiger charge is -2.32. The number of piperidine rings is 1. The number of methoxy groups -OCH3 is 1. The number of hydrogen-bond donors (Lipinski definition) is 1. The normalized spacial score (nSPS) is 16.8. The van der Waals surface area contributed by atoms with Gasteiger partial charge in [0, 0.05) is 60.9 Å². The number of nitrogens with one attached hydrogen (secondary N) is 1. The Hall–Kier alpha value is -3.18. The second-order valence-corrected chi connectivity index (χ2v) is 11.7. The standard InChI is InChI=1S/C30H37Cl2N7O3/c1-37-9-11-39(12-10-37)29-33-19-26(20-34-29)42-28-14-22(13-27(36-28)23-15-24(31)17-25(32)16-23)5-8-38-6-3-21(4-7-38)18-35-30(40)41-2/h13-17,19-21H,3-12,18H2,1-2H3,(H,35,40). The van der Waals surface area contributed by atoms with Crippen LogP contribution >= 0.6 is 23.2 Å². The van der Waals surface area contributed by atoms with Gasteiger partial charge in [0.2, 0.25) is 11.8 Å². The minimum absolute atomic E-state index is 0.373. The highest BCUT2D eigenvalue weighted by Crippen LogP contribution is 2.30. The second kappa shape index (κ2) is 14.3. The average Bonchev–Trinajstić information content (AvgIpc) is 2.99. The highest BCUT2D eigenvalue weighted by atomic mass is 35.5. The van der Waals surface area contributed by atoms with E-state index in [4.69, 9.17) is 32.9 Å². The van der Waals surface area contributed by atoms with E-state index in [9.17, 15) is 4.79 Å². The van der Waals surface area contributed by atoms with Crippen LogP contribution in [0.5, 0.6) is 11.6 Å². The number of carbonyl (C=O) groups excluding carboxylic acids is 1. The van der Waals surface area contributed by atoms with Crippen LogP contribution < -0.4 is 15.0 Å². The van der Waals surface area contributed by atoms with Crippen LogP contribution in [-0.4, -0.2) is 97.4 Å². The van der Waals surface area contributed by atoms with Crippen LogP contribution in [0.15, 0.2) is 42.7 Å². The lowest BCUT2D eigenvalue weighted by atomic mass is 9.96. The van der Waals surface area contributed by atoms with Crippen molar-refractivity contribution < 1.29 is 14.3 Å². The molecule has 0 atom stereocenters. The van der Waals surface area contributed by atoms with Gasteiger partial charge in [-0.15, -0.1) is 0 Å². The van der Waals surface area contributed by atoms with Gasteiger partial charge in [0.15, 0.2) is 5.75 Å². The summed E-state index contributed by atoms with van der Waals surface area (Å²) < 4.78 is 10.9. The van der Waals surface area contributed by atoms with E-state index in [2.05, 4.69) is 47.8 Å². The van der Waals surface area contributed by atoms with Crippen molar-refractivity contribution in [3.05, 3.63) is 58.3 Å². The fraction of sp³-hybridized carbons (Fsp3) is 0.467. The maximum Gasteiger partial charge on any atom is 0.406 e. The summed E-state index contributed by atoms with van der Waals surface area (Å²) in [6.07, 6.45) is 5.91. The molecule has 4 heterocycles. The van der Waals surface area contributed by atoms with Crippen LogP contribution in [0.4, 0.5) is 10.7 Å². The molecule has 2 fully saturated rings. The van der Waals surface area contributed by atoms with Gasteiger partial charge < -0.3 is 29.5 Å². The fourth-order valence-electron chi connectivity index (χ4n) is 5.26. The Bertz CT molecular complexity index is 1320. The number of likely N-dealkylation sites (N-methyl/N-ethyl adjacent to an activating group) is 1. The molecular formula is C30H37Cl2N7O3. The Morgan fingerprint density at radius 1 is 0.976 bits per heavy atom. The van der Waals surface area contributed by atoms with Crippen molar-refractivity contribution in [3.8, 4) is 22.9 Å². The van der Waals surface area contributed by atoms with Gasteiger partial charge in [-0.05, 0) is 75.1 Å². The van der Waals surface area contributed by atoms with Crippen LogP contribution in [0.3, 0.4) is 0 Å². The number of anilines is 1. The van der Waals surface area contributed by atoms with E-state index in [0.717, 1.165) is 81.9 Å². The summed E-state index contributed by atoms with van der Waals surface area (Å²) in [6.45, 7) is 7.28. The first-order valence-electron chi connectivity index (χ1n) is 14.3. The zero-order valence-electron chi connectivity index (χ0n) is 24.1. The van der Waals surface area contributed by atoms with Gasteiger partial charge in [-0.25, -0.2) is 19.7 Å². The molecule has 1 N–H and O–H groups in total. The molecule has 5 rings (SSSR count). The van der Waals surface area contributed by atoms with E-state index in [1.165, 1.54) is 7.11 Å². The van der Waals surface area contributed by atoms with Gasteiger partial charge in [-0.2, -0.15) is 0 Å². The van der Waals surface area contributed by atoms with E-state index in [1.807, 2.05) is 18.2 Å². The monoisotopic (exact) mass is 613 g/mol. The van der Waals surface area contributed by atoms with Crippen LogP contribution in [0.1, 0.15) is 18.4 Å². The molecule has 0 spiro atoms. The molecular weight excluding hydrogens is 577 g/mol. The Morgan fingerprint density at radius 3 is 2.33 bits per heavy atom. The third-order valence-electron chi connectivity index (χ3n) is 7.79. The topological polar surface area (TPSA) is 95.9 Å². The van der Waals surface area contributed by atoms with E-state index >= 15 is 0 Å². The summed E-state index contributed by atoms with van der Waals surface area (Å²) in [4.78, 5) is 32.2. The number of hydrogen-bond acceptors (Lipinski definition) is 9. The Balaban J connectivity index is 1.27. The summed E-state index contributed by atoms with van der Waals surface area (Å²) in [6, 6.07) is 9.44. The highest BCUT2D eigenvalue weighted by Gasteiger charge is 2.20. The SMILES string of the molecule is COC(=O)NCC1CCN(CCc2cc(Oc3cnc(N4CCN(C)CC4)nc3)nc(-c3cc(Cl)cc(Cl)c3)c2)CC1. The Kier molecular flexibility index (Phi) is 10.3. The van der Waals surface area contributed by atoms with Crippen LogP contribution in [0.25, 0.3) is 11.3 Å². The number of amides is 1. The number of piperazine rings is 1. The molecule has 2 aliphatic heterocycles. The van der Waals surface area contributed by atoms with E-state index in [1.54, 1.807) is 18.5 Å². The molecule has 42 heavy (non-hydrogen) atoms. The number of rotatable bonds is 9. The quantitative estimate of drug-likeness (QED) is 0.357. The predicted octanol–water partition coefficient (Wildman–Crippen LogP) is 5.00. The van der Waals surface area contributed by atoms with Gasteiger partial charge in [-0.3, -0.25) is 0 Å². The van der Waals surface area contributed by atoms with E-state index in [0.29, 0.717) is 40.1 Å². The molecule has 0 radical (unpaired) electrons. The van der Waals surface area contributed by atoms with Gasteiger partial charge in [-0.1, -0.05) is 23.2 Å². The second-order valence-electron chi connectivity index (χ2n) is 10.9. The van der Waals surface area contributed by atoms with Gasteiger partial charge in [0.05, 0.1) is 25.2 Å². The van der Waals surface area contributed by atoms with Crippen molar-refractivity contribution in [2.24, 2.45) is 5.92 Å². The first-order valence-corrected chi connectivity index (χ1v) is 15.0. The molecule has 0 bridgehead atoms. The van der Waals surface area contributed by atoms with Crippen molar-refractivity contribution in [1.29, 1.82) is 0 Å². The summed E-state index contributed by atoms with van der Waals surface area (Å²) >= 11 is 12.6. The smallest absolute Gasteiger partial charge is 0.406 e. The van der Waals surface area contributed by atoms with Gasteiger partial charge in [0.1, 0.15) is 0 Å². The zero-order valence-corrected chi connectivity index (χ0v) is 25.6. The first kappa shape index (κ1) is 30.3. The molecule has 1 aromatic carbocycles. The molecule has 10 nitrogen and oxygen atoms in total. The highest BCUT2D eigenvalue weighted by molar-refractivity contribution is 6.35. The van der Waals surface area contributed by atoms with Crippen molar-refractivity contribution in [2.45, 2.75) is 19.3 Å². The fourth-order valence-corrected chi connectivity index (χ4v) is 5.79. The van der Waals surface area contributed by atoms with Gasteiger partial charge in [0.25, 0.3) is 0 Å². The molecule has 3 aromatic rings. The lowest BCUT2D eigenvalue weighted by molar-refractivity contribution is 0.158. The molecule has 2 aromatic heterocycles. The first-order chi connectivity index (χ1) is 20.3. The summed E-state index contributed by atoms with van der Waals surface area (Å²) in [5, 5.41) is 3.91. The molecule has 0 unspecified atom stereocenters. The van der Waals surface area contributed by atoms with Crippen LogP contribution in [0, 0.1) is 5.92 Å². The maximum absolute atomic E-state index is 11.4. The molecule has 0 saturated carbocycles. The van der Waals surface area contributed by atoms with Crippen molar-refractivity contribution >= 4 is 35.2 Å². The van der Waals surface area contributed by atoms with E-state index < -0.39 is 0 Å². The van der Waals surface area contributed by atoms with Gasteiger partial charge >= 0.3 is 6.09 Å². The zero-order chi connectivity index (χ0) is 29.5. The number of carbonyl (C=O) groups is 1. The van der Waals surface area contributed by atoms with Crippen molar-refractivity contribution in [1.82, 2.24) is 30.1 Å². The van der Waals surface area contributed by atoms with Crippen molar-refractivity contribution in [3.63, 3.8) is 0 Å². The number of ether oxygens (including phenoxy) is 2. The minimum atomic E-state index is -0.373. The molecule has 224 valence electrons. The Morgan fingerprint density at radius 2 is 1.67 bits per heavy atom. The lowest BCUT2D eigenvalue weighted by Crippen LogP contribution is -2.45. The molecule has 12 heteroatoms. The average molecular weight is 615 g/mol. The number of benzene rings is 1. The van der Waals surface area contributed by atoms with Crippen molar-refractivity contribution in [2.75, 3.05) is 71.4 Å². The number of alkyl carbamates (subject to hydrolysis) is 1. The largest absolute Gasteiger partial charge is 0.453 e. The predicted molar refractivity (Wildman–Crippen MR) is 165 cm³/mol. The summed E-state index contributed by atoms with van der Waals surface area (Å²) in [5.74, 6) is 2.15. The third-order valence-corrected chi connectivity index (χ3v) is 8.22. The molecule has 2 saturated heterocycles. The number of nitrogens with zero attached hydrogens (tertiary/aromatic N) is 6. The minimum Gasteiger partial charge on any atom is -0.453 e. The number of pyridine rings is 1. The van der Waals surface area contributed by atoms with E-state index in [-0.39, 0.29) is 6.09 Å². The summed E-state index contributed by atoms with van der Waals surface area (Å²) in [7, 11) is 3.51. The molecule has 2 aliphatic rings. The molecule has 1 amide bonds. The summed E-state index contributed by atoms with van der Waals surface area (Å²) in [5.41, 5.74) is 2.64. The molecule has 0 aliphatic carbocycles. The number of halogens is 2. The third kappa shape index (κ3) is 8.44.